The highest BCUT2D eigenvalue weighted by atomic mass is 32.1. The predicted octanol–water partition coefficient (Wildman–Crippen LogP) is 3.28. The lowest BCUT2D eigenvalue weighted by Crippen LogP contribution is -2.54. The number of carbonyl (C=O) groups is 2. The van der Waals surface area contributed by atoms with Crippen LogP contribution in [0.1, 0.15) is 22.3 Å². The molecule has 2 saturated heterocycles. The van der Waals surface area contributed by atoms with Crippen LogP contribution < -0.4 is 15.1 Å². The number of rotatable bonds is 3. The number of benzene rings is 2. The van der Waals surface area contributed by atoms with E-state index in [1.165, 1.54) is 4.90 Å². The number of carbonyl (C=O) groups excluding carboxylic acids is 2. The minimum atomic E-state index is -0.479. The van der Waals surface area contributed by atoms with Crippen LogP contribution in [0.25, 0.3) is 6.08 Å². The molecule has 7 heteroatoms. The summed E-state index contributed by atoms with van der Waals surface area (Å²) in [5.74, 6) is -0.898. The number of aryl methyl sites for hydroxylation is 3. The van der Waals surface area contributed by atoms with Crippen LogP contribution in [0.3, 0.4) is 0 Å². The fourth-order valence-electron chi connectivity index (χ4n) is 3.93. The zero-order valence-electron chi connectivity index (χ0n) is 17.9. The van der Waals surface area contributed by atoms with E-state index in [1.54, 1.807) is 6.08 Å². The highest BCUT2D eigenvalue weighted by Gasteiger charge is 2.35. The summed E-state index contributed by atoms with van der Waals surface area (Å²) in [7, 11) is 0. The first-order valence-corrected chi connectivity index (χ1v) is 10.7. The number of anilines is 2. The van der Waals surface area contributed by atoms with Crippen molar-refractivity contribution >= 4 is 46.6 Å². The van der Waals surface area contributed by atoms with Crippen LogP contribution >= 0.6 is 12.2 Å². The quantitative estimate of drug-likeness (QED) is 0.456. The van der Waals surface area contributed by atoms with Gasteiger partial charge in [-0.3, -0.25) is 19.8 Å². The Labute approximate surface area is 187 Å². The Bertz CT molecular complexity index is 1100. The first-order valence-electron chi connectivity index (χ1n) is 10.3. The van der Waals surface area contributed by atoms with E-state index in [0.29, 0.717) is 18.9 Å². The Balaban J connectivity index is 1.67. The number of morpholine rings is 1. The Hall–Kier alpha value is -3.03. The second-order valence-corrected chi connectivity index (χ2v) is 8.27. The Morgan fingerprint density at radius 2 is 1.74 bits per heavy atom. The van der Waals surface area contributed by atoms with Crippen LogP contribution in [0.15, 0.2) is 42.0 Å². The summed E-state index contributed by atoms with van der Waals surface area (Å²) in [4.78, 5) is 29.6. The van der Waals surface area contributed by atoms with E-state index >= 15 is 0 Å². The van der Waals surface area contributed by atoms with Gasteiger partial charge in [0.1, 0.15) is 5.57 Å². The number of nitrogens with zero attached hydrogens (tertiary/aromatic N) is 2. The van der Waals surface area contributed by atoms with Gasteiger partial charge in [-0.05, 0) is 74.0 Å². The van der Waals surface area contributed by atoms with Gasteiger partial charge in [-0.1, -0.05) is 23.8 Å². The fourth-order valence-corrected chi connectivity index (χ4v) is 4.20. The molecule has 0 aliphatic carbocycles. The monoisotopic (exact) mass is 435 g/mol. The van der Waals surface area contributed by atoms with E-state index in [4.69, 9.17) is 17.0 Å². The van der Waals surface area contributed by atoms with Crippen molar-refractivity contribution in [2.24, 2.45) is 0 Å². The Kier molecular flexibility index (Phi) is 5.89. The van der Waals surface area contributed by atoms with Gasteiger partial charge >= 0.3 is 0 Å². The second kappa shape index (κ2) is 8.61. The number of thiocarbonyl (C=S) groups is 1. The summed E-state index contributed by atoms with van der Waals surface area (Å²) >= 11 is 5.32. The van der Waals surface area contributed by atoms with Gasteiger partial charge in [0, 0.05) is 18.8 Å². The number of hydrogen-bond donors (Lipinski definition) is 1. The van der Waals surface area contributed by atoms with E-state index in [1.807, 2.05) is 51.1 Å². The highest BCUT2D eigenvalue weighted by molar-refractivity contribution is 7.80. The third-order valence-electron chi connectivity index (χ3n) is 5.62. The van der Waals surface area contributed by atoms with E-state index in [-0.39, 0.29) is 10.7 Å². The average Bonchev–Trinajstić information content (AvgIpc) is 2.74. The number of ether oxygens (including phenoxy) is 1. The molecule has 2 aliphatic rings. The van der Waals surface area contributed by atoms with Crippen molar-refractivity contribution in [1.29, 1.82) is 0 Å². The lowest BCUT2D eigenvalue weighted by Gasteiger charge is -2.30. The molecule has 0 atom stereocenters. The zero-order valence-corrected chi connectivity index (χ0v) is 18.7. The van der Waals surface area contributed by atoms with Gasteiger partial charge in [-0.15, -0.1) is 0 Å². The van der Waals surface area contributed by atoms with Gasteiger partial charge in [0.25, 0.3) is 11.8 Å². The van der Waals surface area contributed by atoms with E-state index in [2.05, 4.69) is 16.3 Å². The molecule has 4 rings (SSSR count). The van der Waals surface area contributed by atoms with Crippen LogP contribution in [-0.4, -0.2) is 43.2 Å². The van der Waals surface area contributed by atoms with Crippen molar-refractivity contribution in [1.82, 2.24) is 5.32 Å². The molecule has 160 valence electrons. The number of amides is 2. The van der Waals surface area contributed by atoms with Gasteiger partial charge in [-0.2, -0.15) is 0 Å². The van der Waals surface area contributed by atoms with Crippen LogP contribution in [-0.2, 0) is 14.3 Å². The summed E-state index contributed by atoms with van der Waals surface area (Å²) in [5.41, 5.74) is 5.67. The molecule has 2 aliphatic heterocycles. The summed E-state index contributed by atoms with van der Waals surface area (Å²) in [6.45, 7) is 9.03. The van der Waals surface area contributed by atoms with Gasteiger partial charge in [0.05, 0.1) is 18.9 Å². The topological polar surface area (TPSA) is 61.9 Å². The third-order valence-corrected chi connectivity index (χ3v) is 5.91. The summed E-state index contributed by atoms with van der Waals surface area (Å²) < 4.78 is 5.42. The van der Waals surface area contributed by atoms with Crippen LogP contribution in [0, 0.1) is 20.8 Å². The molecule has 0 radical (unpaired) electrons. The average molecular weight is 436 g/mol. The summed E-state index contributed by atoms with van der Waals surface area (Å²) in [6.07, 6.45) is 1.65. The molecule has 0 saturated carbocycles. The largest absolute Gasteiger partial charge is 0.378 e. The Morgan fingerprint density at radius 3 is 2.42 bits per heavy atom. The van der Waals surface area contributed by atoms with Crippen molar-refractivity contribution in [3.63, 3.8) is 0 Å². The zero-order chi connectivity index (χ0) is 22.1. The molecule has 31 heavy (non-hydrogen) atoms. The molecule has 2 aromatic carbocycles. The summed E-state index contributed by atoms with van der Waals surface area (Å²) in [5, 5.41) is 2.76. The first-order chi connectivity index (χ1) is 14.8. The molecule has 2 heterocycles. The van der Waals surface area contributed by atoms with Gasteiger partial charge in [0.15, 0.2) is 5.11 Å². The molecule has 2 fully saturated rings. The summed E-state index contributed by atoms with van der Waals surface area (Å²) in [6, 6.07) is 11.8. The molecule has 6 nitrogen and oxygen atoms in total. The van der Waals surface area contributed by atoms with Crippen LogP contribution in [0.2, 0.25) is 0 Å². The maximum absolute atomic E-state index is 13.3. The second-order valence-electron chi connectivity index (χ2n) is 7.89. The molecular weight excluding hydrogens is 410 g/mol. The minimum Gasteiger partial charge on any atom is -0.378 e. The van der Waals surface area contributed by atoms with Gasteiger partial charge < -0.3 is 9.64 Å². The maximum atomic E-state index is 13.3. The molecule has 0 bridgehead atoms. The standard InChI is InChI=1S/C24H25N3O3S/c1-15-4-7-21(17(3)12-15)27-23(29)20(22(28)25-24(27)31)14-18-5-6-19(13-16(18)2)26-8-10-30-11-9-26/h4-7,12-14H,8-11H2,1-3H3,(H,25,28,31)/b20-14-. The Morgan fingerprint density at radius 1 is 1.00 bits per heavy atom. The lowest BCUT2D eigenvalue weighted by molar-refractivity contribution is -0.122. The minimum absolute atomic E-state index is 0.0656. The number of hydrogen-bond acceptors (Lipinski definition) is 5. The SMILES string of the molecule is Cc1ccc(N2C(=O)/C(=C\c3ccc(N4CCOCC4)cc3C)C(=O)NC2=S)c(C)c1. The highest BCUT2D eigenvalue weighted by Crippen LogP contribution is 2.27. The molecule has 0 spiro atoms. The van der Waals surface area contributed by atoms with E-state index in [0.717, 1.165) is 41.0 Å². The molecule has 2 amide bonds. The van der Waals surface area contributed by atoms with Crippen molar-refractivity contribution < 1.29 is 14.3 Å². The first kappa shape index (κ1) is 21.2. The van der Waals surface area contributed by atoms with Crippen molar-refractivity contribution in [3.05, 3.63) is 64.2 Å². The predicted molar refractivity (Wildman–Crippen MR) is 126 cm³/mol. The van der Waals surface area contributed by atoms with Gasteiger partial charge in [0.2, 0.25) is 0 Å². The molecule has 2 aromatic rings. The normalized spacial score (nSPS) is 18.5. The molecule has 1 N–H and O–H groups in total. The lowest BCUT2D eigenvalue weighted by atomic mass is 10.0. The molecule has 0 aromatic heterocycles. The number of nitrogens with one attached hydrogen (secondary N) is 1. The fraction of sp³-hybridized carbons (Fsp3) is 0.292. The van der Waals surface area contributed by atoms with Crippen molar-refractivity contribution in [2.75, 3.05) is 36.1 Å². The van der Waals surface area contributed by atoms with E-state index < -0.39 is 11.8 Å². The maximum Gasteiger partial charge on any atom is 0.270 e. The van der Waals surface area contributed by atoms with Crippen LogP contribution in [0.4, 0.5) is 11.4 Å². The smallest absolute Gasteiger partial charge is 0.270 e. The van der Waals surface area contributed by atoms with Crippen LogP contribution in [0.5, 0.6) is 0 Å². The van der Waals surface area contributed by atoms with E-state index in [9.17, 15) is 9.59 Å². The van der Waals surface area contributed by atoms with Crippen molar-refractivity contribution in [2.45, 2.75) is 20.8 Å². The molecule has 0 unspecified atom stereocenters. The van der Waals surface area contributed by atoms with Crippen molar-refractivity contribution in [3.8, 4) is 0 Å². The molecular formula is C24H25N3O3S. The third kappa shape index (κ3) is 4.24. The van der Waals surface area contributed by atoms with Gasteiger partial charge in [-0.25, -0.2) is 0 Å².